The van der Waals surface area contributed by atoms with Crippen LogP contribution in [0.3, 0.4) is 0 Å². The van der Waals surface area contributed by atoms with Crippen LogP contribution in [0.5, 0.6) is 5.88 Å². The van der Waals surface area contributed by atoms with Gasteiger partial charge in [0.15, 0.2) is 5.65 Å². The number of aromatic nitrogens is 4. The number of rotatable bonds is 5. The maximum absolute atomic E-state index is 13.5. The average Bonchev–Trinajstić information content (AvgIpc) is 3.03. The van der Waals surface area contributed by atoms with E-state index >= 15 is 0 Å². The second-order valence-corrected chi connectivity index (χ2v) is 6.67. The Hall–Kier alpha value is -2.68. The number of H-pyrrole nitrogens is 1. The Balaban J connectivity index is 0.00000196. The van der Waals surface area contributed by atoms with Gasteiger partial charge in [0, 0.05) is 32.5 Å². The topological polar surface area (TPSA) is 89.7 Å². The Morgan fingerprint density at radius 3 is 2.69 bits per heavy atom. The summed E-state index contributed by atoms with van der Waals surface area (Å²) in [6.07, 6.45) is -3.06. The lowest BCUT2D eigenvalue weighted by Gasteiger charge is -2.22. The first-order valence-electron chi connectivity index (χ1n) is 7.92. The number of nitrogens with one attached hydrogen (secondary N) is 1. The van der Waals surface area contributed by atoms with Crippen LogP contribution in [0.4, 0.5) is 13.2 Å². The van der Waals surface area contributed by atoms with E-state index in [1.165, 1.54) is 12.3 Å². The number of hydrogen-bond donors (Lipinski definition) is 2. The largest absolute Gasteiger partial charge is 0.477 e. The molecular formula is C17H22F3N5O. The van der Waals surface area contributed by atoms with Crippen LogP contribution in [0.15, 0.2) is 30.5 Å². The first-order valence-corrected chi connectivity index (χ1v) is 7.92. The molecule has 6 nitrogen and oxygen atoms in total. The third-order valence-corrected chi connectivity index (χ3v) is 3.90. The summed E-state index contributed by atoms with van der Waals surface area (Å²) in [5.41, 5.74) is 4.62. The molecule has 0 aliphatic rings. The molecule has 0 saturated carbocycles. The van der Waals surface area contributed by atoms with Crippen molar-refractivity contribution in [2.45, 2.75) is 20.0 Å². The number of hydrogen-bond acceptors (Lipinski definition) is 5. The average molecular weight is 369 g/mol. The summed E-state index contributed by atoms with van der Waals surface area (Å²) in [5, 5.41) is 7.00. The lowest BCUT2D eigenvalue weighted by Crippen LogP contribution is -2.30. The SMILES string of the molecule is CC(C)(CN)COc1ccc(C(F)(F)F)c(-c2[nH]nc3ncccc23)n1.[HH].[HH]. The minimum Gasteiger partial charge on any atom is -0.477 e. The Labute approximate surface area is 150 Å². The summed E-state index contributed by atoms with van der Waals surface area (Å²) in [6.45, 7) is 4.39. The summed E-state index contributed by atoms with van der Waals surface area (Å²) < 4.78 is 45.9. The van der Waals surface area contributed by atoms with Crippen LogP contribution in [0.1, 0.15) is 22.3 Å². The van der Waals surface area contributed by atoms with Gasteiger partial charge in [-0.05, 0) is 18.2 Å². The molecule has 3 heterocycles. The number of halogens is 3. The zero-order valence-electron chi connectivity index (χ0n) is 14.3. The molecule has 9 heteroatoms. The van der Waals surface area contributed by atoms with Crippen LogP contribution in [0.25, 0.3) is 22.4 Å². The van der Waals surface area contributed by atoms with E-state index in [2.05, 4.69) is 20.2 Å². The summed E-state index contributed by atoms with van der Waals surface area (Å²) in [6, 6.07) is 5.42. The Bertz CT molecular complexity index is 931. The summed E-state index contributed by atoms with van der Waals surface area (Å²) in [7, 11) is 0. The molecule has 0 fully saturated rings. The number of nitrogens with two attached hydrogens (primary N) is 1. The molecule has 3 rings (SSSR count). The fourth-order valence-electron chi connectivity index (χ4n) is 2.30. The highest BCUT2D eigenvalue weighted by Gasteiger charge is 2.36. The van der Waals surface area contributed by atoms with Gasteiger partial charge in [0.1, 0.15) is 5.69 Å². The highest BCUT2D eigenvalue weighted by atomic mass is 19.4. The minimum atomic E-state index is -4.57. The van der Waals surface area contributed by atoms with Crippen LogP contribution in [-0.4, -0.2) is 33.3 Å². The van der Waals surface area contributed by atoms with Crippen LogP contribution in [0.2, 0.25) is 0 Å². The van der Waals surface area contributed by atoms with Crippen molar-refractivity contribution in [2.75, 3.05) is 13.2 Å². The fourth-order valence-corrected chi connectivity index (χ4v) is 2.30. The number of nitrogens with zero attached hydrogens (tertiary/aromatic N) is 3. The van der Waals surface area contributed by atoms with Gasteiger partial charge in [-0.15, -0.1) is 0 Å². The minimum absolute atomic E-state index is 0. The van der Waals surface area contributed by atoms with Crippen molar-refractivity contribution in [1.82, 2.24) is 20.2 Å². The lowest BCUT2D eigenvalue weighted by atomic mass is 9.95. The van der Waals surface area contributed by atoms with E-state index in [0.29, 0.717) is 17.6 Å². The predicted octanol–water partition coefficient (Wildman–Crippen LogP) is 3.89. The Morgan fingerprint density at radius 1 is 1.23 bits per heavy atom. The van der Waals surface area contributed by atoms with E-state index in [4.69, 9.17) is 10.5 Å². The van der Waals surface area contributed by atoms with Gasteiger partial charge in [0.2, 0.25) is 5.88 Å². The van der Waals surface area contributed by atoms with Crippen LogP contribution >= 0.6 is 0 Å². The molecular weight excluding hydrogens is 347 g/mol. The van der Waals surface area contributed by atoms with Crippen LogP contribution < -0.4 is 10.5 Å². The summed E-state index contributed by atoms with van der Waals surface area (Å²) >= 11 is 0. The lowest BCUT2D eigenvalue weighted by molar-refractivity contribution is -0.137. The summed E-state index contributed by atoms with van der Waals surface area (Å²) in [4.78, 5) is 8.11. The number of aromatic amines is 1. The van der Waals surface area contributed by atoms with E-state index in [1.54, 1.807) is 12.1 Å². The number of ether oxygens (including phenoxy) is 1. The van der Waals surface area contributed by atoms with Crippen molar-refractivity contribution in [3.05, 3.63) is 36.0 Å². The first-order chi connectivity index (χ1) is 12.2. The van der Waals surface area contributed by atoms with Gasteiger partial charge in [-0.1, -0.05) is 13.8 Å². The third kappa shape index (κ3) is 3.62. The zero-order valence-corrected chi connectivity index (χ0v) is 14.3. The molecule has 0 aromatic carbocycles. The Morgan fingerprint density at radius 2 is 2.00 bits per heavy atom. The molecule has 3 aromatic heterocycles. The molecule has 0 unspecified atom stereocenters. The summed E-state index contributed by atoms with van der Waals surface area (Å²) in [5.74, 6) is 0.0844. The molecule has 0 aliphatic carbocycles. The van der Waals surface area contributed by atoms with Gasteiger partial charge in [-0.25, -0.2) is 9.97 Å². The van der Waals surface area contributed by atoms with E-state index in [0.717, 1.165) is 6.07 Å². The molecule has 26 heavy (non-hydrogen) atoms. The van der Waals surface area contributed by atoms with Gasteiger partial charge >= 0.3 is 6.18 Å². The van der Waals surface area contributed by atoms with Gasteiger partial charge in [-0.3, -0.25) is 5.10 Å². The highest BCUT2D eigenvalue weighted by Crippen LogP contribution is 2.38. The highest BCUT2D eigenvalue weighted by molar-refractivity contribution is 5.90. The number of alkyl halides is 3. The molecule has 3 N–H and O–H groups in total. The van der Waals surface area contributed by atoms with E-state index in [-0.39, 0.29) is 32.1 Å². The van der Waals surface area contributed by atoms with Gasteiger partial charge < -0.3 is 10.5 Å². The maximum Gasteiger partial charge on any atom is 0.418 e. The molecule has 0 aliphatic heterocycles. The normalized spacial score (nSPS) is 12.5. The van der Waals surface area contributed by atoms with E-state index in [9.17, 15) is 13.2 Å². The van der Waals surface area contributed by atoms with Gasteiger partial charge in [-0.2, -0.15) is 18.3 Å². The maximum atomic E-state index is 13.5. The van der Waals surface area contributed by atoms with Crippen molar-refractivity contribution < 1.29 is 20.8 Å². The fraction of sp³-hybridized carbons (Fsp3) is 0.353. The van der Waals surface area contributed by atoms with E-state index < -0.39 is 11.7 Å². The van der Waals surface area contributed by atoms with Gasteiger partial charge in [0.25, 0.3) is 0 Å². The third-order valence-electron chi connectivity index (χ3n) is 3.90. The molecule has 0 spiro atoms. The van der Waals surface area contributed by atoms with Gasteiger partial charge in [0.05, 0.1) is 17.9 Å². The second kappa shape index (κ2) is 6.56. The van der Waals surface area contributed by atoms with Crippen molar-refractivity contribution in [3.8, 4) is 17.3 Å². The standard InChI is InChI=1S/C17H18F3N5O.2H2/c1-16(2,8-21)9-26-12-6-5-11(17(18,19)20)14(23-12)13-10-4-3-7-22-15(10)25-24-13;;/h3-7H,8-9,21H2,1-2H3,(H,22,24,25);2*1H. The molecule has 0 atom stereocenters. The first kappa shape index (κ1) is 18.1. The smallest absolute Gasteiger partial charge is 0.418 e. The number of fused-ring (bicyclic) bond motifs is 1. The predicted molar refractivity (Wildman–Crippen MR) is 94.7 cm³/mol. The van der Waals surface area contributed by atoms with Crippen molar-refractivity contribution in [1.29, 1.82) is 0 Å². The molecule has 0 radical (unpaired) electrons. The molecule has 0 amide bonds. The molecule has 0 saturated heterocycles. The quantitative estimate of drug-likeness (QED) is 0.712. The van der Waals surface area contributed by atoms with E-state index in [1.807, 2.05) is 13.8 Å². The van der Waals surface area contributed by atoms with Crippen LogP contribution in [-0.2, 0) is 6.18 Å². The molecule has 142 valence electrons. The molecule has 3 aromatic rings. The zero-order chi connectivity index (χ0) is 18.9. The molecule has 0 bridgehead atoms. The Kier molecular flexibility index (Phi) is 4.57. The van der Waals surface area contributed by atoms with Crippen molar-refractivity contribution in [2.24, 2.45) is 11.1 Å². The van der Waals surface area contributed by atoms with Crippen molar-refractivity contribution in [3.63, 3.8) is 0 Å². The van der Waals surface area contributed by atoms with Crippen LogP contribution in [0, 0.1) is 5.41 Å². The van der Waals surface area contributed by atoms with Crippen molar-refractivity contribution >= 4 is 11.0 Å². The second-order valence-electron chi connectivity index (χ2n) is 6.67. The monoisotopic (exact) mass is 369 g/mol. The number of pyridine rings is 2.